The number of hydrogen-bond donors (Lipinski definition) is 2. The van der Waals surface area contributed by atoms with E-state index in [1.807, 2.05) is 5.32 Å². The van der Waals surface area contributed by atoms with E-state index in [9.17, 15) is 27.9 Å². The highest BCUT2D eigenvalue weighted by molar-refractivity contribution is 5.94. The second kappa shape index (κ2) is 6.60. The first kappa shape index (κ1) is 17.0. The molecule has 0 aliphatic heterocycles. The Balaban J connectivity index is 2.94. The molecule has 1 rings (SSSR count). The van der Waals surface area contributed by atoms with E-state index in [-0.39, 0.29) is 12.8 Å². The predicted molar refractivity (Wildman–Crippen MR) is 70.2 cm³/mol. The van der Waals surface area contributed by atoms with E-state index in [1.54, 1.807) is 13.8 Å². The number of hydrogen-bond acceptors (Lipinski definition) is 2. The summed E-state index contributed by atoms with van der Waals surface area (Å²) in [5.74, 6) is -5.82. The maximum Gasteiger partial charge on any atom is 0.310 e. The number of nitrogens with one attached hydrogen (secondary N) is 1. The lowest BCUT2D eigenvalue weighted by Crippen LogP contribution is -2.34. The van der Waals surface area contributed by atoms with Gasteiger partial charge in [0.15, 0.2) is 11.6 Å². The van der Waals surface area contributed by atoms with Crippen LogP contribution in [-0.2, 0) is 9.59 Å². The van der Waals surface area contributed by atoms with E-state index in [4.69, 9.17) is 0 Å². The van der Waals surface area contributed by atoms with Crippen molar-refractivity contribution in [1.29, 1.82) is 0 Å². The van der Waals surface area contributed by atoms with Crippen molar-refractivity contribution in [3.8, 4) is 0 Å². The topological polar surface area (TPSA) is 66.4 Å². The molecular formula is C14H16F3NO3. The van der Waals surface area contributed by atoms with Crippen molar-refractivity contribution in [2.45, 2.75) is 33.1 Å². The third-order valence-electron chi connectivity index (χ3n) is 3.57. The molecule has 0 aromatic heterocycles. The number of carbonyl (C=O) groups excluding carboxylic acids is 1. The Morgan fingerprint density at radius 2 is 1.76 bits per heavy atom. The highest BCUT2D eigenvalue weighted by Crippen LogP contribution is 2.31. The van der Waals surface area contributed by atoms with Gasteiger partial charge >= 0.3 is 5.97 Å². The number of carbonyl (C=O) groups is 2. The molecule has 0 atom stereocenters. The largest absolute Gasteiger partial charge is 0.481 e. The summed E-state index contributed by atoms with van der Waals surface area (Å²) in [4.78, 5) is 23.1. The molecule has 0 saturated carbocycles. The lowest BCUT2D eigenvalue weighted by molar-refractivity contribution is -0.151. The van der Waals surface area contributed by atoms with E-state index in [0.717, 1.165) is 0 Å². The third-order valence-corrected chi connectivity index (χ3v) is 3.57. The van der Waals surface area contributed by atoms with Crippen LogP contribution in [0.3, 0.4) is 0 Å². The van der Waals surface area contributed by atoms with Crippen LogP contribution >= 0.6 is 0 Å². The maximum absolute atomic E-state index is 13.4. The van der Waals surface area contributed by atoms with E-state index < -0.39 is 46.9 Å². The maximum atomic E-state index is 13.4. The highest BCUT2D eigenvalue weighted by atomic mass is 19.2. The fourth-order valence-electron chi connectivity index (χ4n) is 2.03. The van der Waals surface area contributed by atoms with Crippen molar-refractivity contribution in [2.75, 3.05) is 5.32 Å². The molecule has 0 spiro atoms. The quantitative estimate of drug-likeness (QED) is 0.792. The predicted octanol–water partition coefficient (Wildman–Crippen LogP) is 3.32. The summed E-state index contributed by atoms with van der Waals surface area (Å²) in [6, 6.07) is 0.987. The van der Waals surface area contributed by atoms with Gasteiger partial charge < -0.3 is 10.4 Å². The van der Waals surface area contributed by atoms with E-state index >= 15 is 0 Å². The van der Waals surface area contributed by atoms with Crippen molar-refractivity contribution in [3.63, 3.8) is 0 Å². The Kier molecular flexibility index (Phi) is 5.34. The van der Waals surface area contributed by atoms with Crippen LogP contribution in [0.15, 0.2) is 12.1 Å². The molecule has 1 amide bonds. The van der Waals surface area contributed by atoms with Gasteiger partial charge in [-0.2, -0.15) is 0 Å². The van der Waals surface area contributed by atoms with Crippen LogP contribution in [0.5, 0.6) is 0 Å². The number of benzene rings is 1. The van der Waals surface area contributed by atoms with Gasteiger partial charge in [0.1, 0.15) is 5.82 Å². The summed E-state index contributed by atoms with van der Waals surface area (Å²) in [6.07, 6.45) is -0.00853. The first-order chi connectivity index (χ1) is 9.75. The fourth-order valence-corrected chi connectivity index (χ4v) is 2.03. The minimum Gasteiger partial charge on any atom is -0.481 e. The van der Waals surface area contributed by atoms with Crippen LogP contribution < -0.4 is 5.32 Å². The summed E-state index contributed by atoms with van der Waals surface area (Å²) in [6.45, 7) is 3.24. The molecular weight excluding hydrogens is 287 g/mol. The number of carboxylic acids is 1. The van der Waals surface area contributed by atoms with Gasteiger partial charge in [-0.15, -0.1) is 0 Å². The van der Waals surface area contributed by atoms with Crippen molar-refractivity contribution in [1.82, 2.24) is 0 Å². The molecule has 1 aromatic rings. The molecule has 0 heterocycles. The number of carboxylic acid groups (broad SMARTS) is 1. The Labute approximate surface area is 120 Å². The zero-order valence-corrected chi connectivity index (χ0v) is 11.7. The molecule has 0 bridgehead atoms. The van der Waals surface area contributed by atoms with Gasteiger partial charge in [0.25, 0.3) is 0 Å². The van der Waals surface area contributed by atoms with Gasteiger partial charge in [0.2, 0.25) is 5.91 Å². The van der Waals surface area contributed by atoms with E-state index in [1.165, 1.54) is 0 Å². The van der Waals surface area contributed by atoms with Crippen LogP contribution in [0.1, 0.15) is 33.1 Å². The first-order valence-electron chi connectivity index (χ1n) is 6.43. The summed E-state index contributed by atoms with van der Waals surface area (Å²) in [7, 11) is 0. The van der Waals surface area contributed by atoms with E-state index in [2.05, 4.69) is 0 Å². The summed E-state index contributed by atoms with van der Waals surface area (Å²) in [5, 5.41) is 11.2. The number of rotatable bonds is 6. The number of amides is 1. The molecule has 116 valence electrons. The van der Waals surface area contributed by atoms with Gasteiger partial charge in [-0.05, 0) is 12.8 Å². The zero-order valence-electron chi connectivity index (χ0n) is 11.7. The minimum atomic E-state index is -1.43. The summed E-state index contributed by atoms with van der Waals surface area (Å²) < 4.78 is 39.5. The zero-order chi connectivity index (χ0) is 16.2. The average Bonchev–Trinajstić information content (AvgIpc) is 2.41. The molecule has 0 radical (unpaired) electrons. The molecule has 0 saturated heterocycles. The molecule has 7 heteroatoms. The van der Waals surface area contributed by atoms with Gasteiger partial charge in [-0.25, -0.2) is 13.2 Å². The molecule has 0 unspecified atom stereocenters. The van der Waals surface area contributed by atoms with Gasteiger partial charge in [-0.3, -0.25) is 9.59 Å². The molecule has 2 N–H and O–H groups in total. The second-order valence-electron chi connectivity index (χ2n) is 4.77. The van der Waals surface area contributed by atoms with Gasteiger partial charge in [-0.1, -0.05) is 13.8 Å². The Morgan fingerprint density at radius 1 is 1.19 bits per heavy atom. The first-order valence-corrected chi connectivity index (χ1v) is 6.43. The summed E-state index contributed by atoms with van der Waals surface area (Å²) in [5.41, 5.74) is -1.93. The lowest BCUT2D eigenvalue weighted by atomic mass is 9.79. The molecule has 21 heavy (non-hydrogen) atoms. The average molecular weight is 303 g/mol. The molecule has 0 fully saturated rings. The van der Waals surface area contributed by atoms with Crippen LogP contribution in [0, 0.1) is 22.9 Å². The number of aliphatic carboxylic acids is 1. The van der Waals surface area contributed by atoms with Gasteiger partial charge in [0, 0.05) is 18.6 Å². The van der Waals surface area contributed by atoms with Crippen LogP contribution in [0.4, 0.5) is 18.9 Å². The van der Waals surface area contributed by atoms with Crippen LogP contribution in [0.2, 0.25) is 0 Å². The van der Waals surface area contributed by atoms with Crippen molar-refractivity contribution >= 4 is 17.6 Å². The van der Waals surface area contributed by atoms with Crippen LogP contribution in [-0.4, -0.2) is 17.0 Å². The Hall–Kier alpha value is -2.05. The highest BCUT2D eigenvalue weighted by Gasteiger charge is 2.37. The normalized spacial score (nSPS) is 11.3. The Bertz CT molecular complexity index is 557. The SMILES string of the molecule is CCC(CC)(CC(=O)Nc1cc(F)cc(F)c1F)C(=O)O. The van der Waals surface area contributed by atoms with Gasteiger partial charge in [0.05, 0.1) is 11.1 Å². The second-order valence-corrected chi connectivity index (χ2v) is 4.77. The molecule has 4 nitrogen and oxygen atoms in total. The lowest BCUT2D eigenvalue weighted by Gasteiger charge is -2.25. The van der Waals surface area contributed by atoms with Crippen LogP contribution in [0.25, 0.3) is 0 Å². The van der Waals surface area contributed by atoms with Crippen molar-refractivity contribution in [2.24, 2.45) is 5.41 Å². The summed E-state index contributed by atoms with van der Waals surface area (Å²) >= 11 is 0. The third kappa shape index (κ3) is 3.74. The van der Waals surface area contributed by atoms with Crippen molar-refractivity contribution in [3.05, 3.63) is 29.6 Å². The monoisotopic (exact) mass is 303 g/mol. The fraction of sp³-hybridized carbons (Fsp3) is 0.429. The Morgan fingerprint density at radius 3 is 2.24 bits per heavy atom. The molecule has 0 aliphatic rings. The molecule has 1 aromatic carbocycles. The minimum absolute atomic E-state index is 0.201. The number of halogens is 3. The number of anilines is 1. The molecule has 0 aliphatic carbocycles. The smallest absolute Gasteiger partial charge is 0.310 e. The van der Waals surface area contributed by atoms with Crippen molar-refractivity contribution < 1.29 is 27.9 Å². The van der Waals surface area contributed by atoms with E-state index in [0.29, 0.717) is 12.1 Å². The standard InChI is InChI=1S/C14H16F3NO3/c1-3-14(4-2,13(20)21)7-11(19)18-10-6-8(15)5-9(16)12(10)17/h5-6H,3-4,7H2,1-2H3,(H,18,19)(H,20,21).